The van der Waals surface area contributed by atoms with Crippen LogP contribution in [0.3, 0.4) is 0 Å². The summed E-state index contributed by atoms with van der Waals surface area (Å²) in [4.78, 5) is 12.2. The third-order valence-electron chi connectivity index (χ3n) is 4.14. The monoisotopic (exact) mass is 261 g/mol. The quantitative estimate of drug-likeness (QED) is 0.666. The summed E-state index contributed by atoms with van der Waals surface area (Å²) in [6.07, 6.45) is 5.73. The zero-order valence-electron chi connectivity index (χ0n) is 11.8. The number of ether oxygens (including phenoxy) is 1. The molecule has 1 fully saturated rings. The van der Waals surface area contributed by atoms with Crippen LogP contribution in [0.2, 0.25) is 0 Å². The summed E-state index contributed by atoms with van der Waals surface area (Å²) >= 11 is 0. The van der Waals surface area contributed by atoms with Crippen LogP contribution < -0.4 is 5.73 Å². The summed E-state index contributed by atoms with van der Waals surface area (Å²) in [5.74, 6) is 0.276. The Morgan fingerprint density at radius 3 is 2.79 bits per heavy atom. The molecule has 0 aliphatic heterocycles. The minimum absolute atomic E-state index is 0.0776. The lowest BCUT2D eigenvalue weighted by Gasteiger charge is -2.30. The van der Waals surface area contributed by atoms with Gasteiger partial charge in [0.05, 0.1) is 5.56 Å². The van der Waals surface area contributed by atoms with Crippen LogP contribution in [-0.4, -0.2) is 12.1 Å². The van der Waals surface area contributed by atoms with E-state index < -0.39 is 0 Å². The number of hydrogen-bond donors (Lipinski definition) is 1. The zero-order valence-corrected chi connectivity index (χ0v) is 11.8. The van der Waals surface area contributed by atoms with E-state index >= 15 is 0 Å². The maximum Gasteiger partial charge on any atom is 0.338 e. The van der Waals surface area contributed by atoms with Crippen LogP contribution in [0.1, 0.15) is 54.9 Å². The van der Waals surface area contributed by atoms with E-state index in [0.717, 1.165) is 24.8 Å². The van der Waals surface area contributed by atoms with Crippen LogP contribution in [0.4, 0.5) is 5.69 Å². The van der Waals surface area contributed by atoms with Gasteiger partial charge in [0, 0.05) is 5.69 Å². The molecule has 19 heavy (non-hydrogen) atoms. The Hall–Kier alpha value is -1.51. The van der Waals surface area contributed by atoms with Crippen LogP contribution in [-0.2, 0) is 4.74 Å². The summed E-state index contributed by atoms with van der Waals surface area (Å²) in [5.41, 5.74) is 8.03. The first-order valence-electron chi connectivity index (χ1n) is 7.19. The lowest BCUT2D eigenvalue weighted by atomic mass is 9.85. The van der Waals surface area contributed by atoms with E-state index in [0.29, 0.717) is 17.2 Å². The van der Waals surface area contributed by atoms with Gasteiger partial charge in [0.1, 0.15) is 6.10 Å². The third-order valence-corrected chi connectivity index (χ3v) is 4.14. The minimum atomic E-state index is -0.239. The molecule has 0 spiro atoms. The van der Waals surface area contributed by atoms with Crippen molar-refractivity contribution in [2.45, 2.75) is 52.1 Å². The van der Waals surface area contributed by atoms with E-state index in [2.05, 4.69) is 6.92 Å². The fraction of sp³-hybridized carbons (Fsp3) is 0.562. The van der Waals surface area contributed by atoms with Gasteiger partial charge in [-0.25, -0.2) is 4.79 Å². The number of carbonyl (C=O) groups is 1. The van der Waals surface area contributed by atoms with Gasteiger partial charge >= 0.3 is 5.97 Å². The number of carbonyl (C=O) groups excluding carboxylic acids is 1. The maximum atomic E-state index is 12.2. The molecule has 1 aromatic rings. The Morgan fingerprint density at radius 1 is 1.37 bits per heavy atom. The topological polar surface area (TPSA) is 52.3 Å². The maximum absolute atomic E-state index is 12.2. The van der Waals surface area contributed by atoms with Gasteiger partial charge in [-0.3, -0.25) is 0 Å². The van der Waals surface area contributed by atoms with Crippen LogP contribution in [0, 0.1) is 12.8 Å². The van der Waals surface area contributed by atoms with Crippen LogP contribution >= 0.6 is 0 Å². The molecule has 1 aromatic carbocycles. The zero-order chi connectivity index (χ0) is 13.8. The molecule has 3 heteroatoms. The van der Waals surface area contributed by atoms with Crippen LogP contribution in [0.5, 0.6) is 0 Å². The molecule has 104 valence electrons. The summed E-state index contributed by atoms with van der Waals surface area (Å²) < 4.78 is 5.68. The number of rotatable bonds is 3. The van der Waals surface area contributed by atoms with E-state index in [4.69, 9.17) is 10.5 Å². The van der Waals surface area contributed by atoms with Gasteiger partial charge in [-0.15, -0.1) is 0 Å². The average Bonchev–Trinajstić information content (AvgIpc) is 2.42. The highest BCUT2D eigenvalue weighted by Gasteiger charge is 2.27. The van der Waals surface area contributed by atoms with Crippen molar-refractivity contribution >= 4 is 11.7 Å². The van der Waals surface area contributed by atoms with Crippen molar-refractivity contribution in [1.29, 1.82) is 0 Å². The lowest BCUT2D eigenvalue weighted by Crippen LogP contribution is -2.29. The molecule has 0 saturated heterocycles. The second-order valence-electron chi connectivity index (χ2n) is 5.47. The predicted molar refractivity (Wildman–Crippen MR) is 77.0 cm³/mol. The standard InChI is InChI=1S/C16H23NO2/c1-3-12-6-4-5-7-15(12)19-16(18)13-9-8-11(2)14(17)10-13/h8-10,12,15H,3-7,17H2,1-2H3. The number of esters is 1. The van der Waals surface area contributed by atoms with Gasteiger partial charge in [0.2, 0.25) is 0 Å². The van der Waals surface area contributed by atoms with Crippen LogP contribution in [0.25, 0.3) is 0 Å². The molecule has 1 aliphatic carbocycles. The van der Waals surface area contributed by atoms with E-state index in [-0.39, 0.29) is 12.1 Å². The molecule has 3 nitrogen and oxygen atoms in total. The van der Waals surface area contributed by atoms with Gasteiger partial charge in [-0.05, 0) is 56.2 Å². The summed E-state index contributed by atoms with van der Waals surface area (Å²) in [7, 11) is 0. The highest BCUT2D eigenvalue weighted by Crippen LogP contribution is 2.30. The Labute approximate surface area is 115 Å². The van der Waals surface area contributed by atoms with Gasteiger partial charge in [-0.2, -0.15) is 0 Å². The molecule has 0 radical (unpaired) electrons. The largest absolute Gasteiger partial charge is 0.458 e. The molecular weight excluding hydrogens is 238 g/mol. The normalized spacial score (nSPS) is 23.1. The lowest BCUT2D eigenvalue weighted by molar-refractivity contribution is 0.000715. The Morgan fingerprint density at radius 2 is 2.11 bits per heavy atom. The molecule has 0 bridgehead atoms. The number of benzene rings is 1. The second-order valence-corrected chi connectivity index (χ2v) is 5.47. The minimum Gasteiger partial charge on any atom is -0.458 e. The number of nitrogens with two attached hydrogens (primary N) is 1. The first-order chi connectivity index (χ1) is 9.11. The highest BCUT2D eigenvalue weighted by atomic mass is 16.5. The first kappa shape index (κ1) is 13.9. The van der Waals surface area contributed by atoms with Crippen molar-refractivity contribution in [2.24, 2.45) is 5.92 Å². The molecule has 0 heterocycles. The number of aryl methyl sites for hydroxylation is 1. The molecule has 1 saturated carbocycles. The fourth-order valence-corrected chi connectivity index (χ4v) is 2.77. The highest BCUT2D eigenvalue weighted by molar-refractivity contribution is 5.90. The van der Waals surface area contributed by atoms with Gasteiger partial charge < -0.3 is 10.5 Å². The predicted octanol–water partition coefficient (Wildman–Crippen LogP) is 3.70. The number of hydrogen-bond acceptors (Lipinski definition) is 3. The molecule has 2 rings (SSSR count). The van der Waals surface area contributed by atoms with E-state index in [9.17, 15) is 4.79 Å². The van der Waals surface area contributed by atoms with Crippen molar-refractivity contribution < 1.29 is 9.53 Å². The van der Waals surface area contributed by atoms with E-state index in [1.165, 1.54) is 12.8 Å². The van der Waals surface area contributed by atoms with Crippen molar-refractivity contribution in [3.63, 3.8) is 0 Å². The van der Waals surface area contributed by atoms with Gasteiger partial charge in [-0.1, -0.05) is 19.4 Å². The average molecular weight is 261 g/mol. The second kappa shape index (κ2) is 6.09. The molecular formula is C16H23NO2. The van der Waals surface area contributed by atoms with E-state index in [1.54, 1.807) is 12.1 Å². The Kier molecular flexibility index (Phi) is 4.46. The SMILES string of the molecule is CCC1CCCCC1OC(=O)c1ccc(C)c(N)c1. The van der Waals surface area contributed by atoms with E-state index in [1.807, 2.05) is 13.0 Å². The molecule has 1 aliphatic rings. The summed E-state index contributed by atoms with van der Waals surface area (Å²) in [6, 6.07) is 5.36. The first-order valence-corrected chi connectivity index (χ1v) is 7.19. The molecule has 2 N–H and O–H groups in total. The molecule has 0 aromatic heterocycles. The van der Waals surface area contributed by atoms with Crippen molar-refractivity contribution in [1.82, 2.24) is 0 Å². The van der Waals surface area contributed by atoms with Crippen molar-refractivity contribution in [3.05, 3.63) is 29.3 Å². The third kappa shape index (κ3) is 3.28. The van der Waals surface area contributed by atoms with Gasteiger partial charge in [0.15, 0.2) is 0 Å². The molecule has 0 amide bonds. The smallest absolute Gasteiger partial charge is 0.338 e. The summed E-state index contributed by atoms with van der Waals surface area (Å²) in [5, 5.41) is 0. The van der Waals surface area contributed by atoms with Gasteiger partial charge in [0.25, 0.3) is 0 Å². The molecule has 2 atom stereocenters. The Bertz CT molecular complexity index is 456. The van der Waals surface area contributed by atoms with Crippen LogP contribution in [0.15, 0.2) is 18.2 Å². The fourth-order valence-electron chi connectivity index (χ4n) is 2.77. The number of nitrogen functional groups attached to an aromatic ring is 1. The molecule has 2 unspecified atom stereocenters. The summed E-state index contributed by atoms with van der Waals surface area (Å²) in [6.45, 7) is 4.10. The number of anilines is 1. The van der Waals surface area contributed by atoms with Crippen molar-refractivity contribution in [3.8, 4) is 0 Å². The Balaban J connectivity index is 2.05. The van der Waals surface area contributed by atoms with Crippen molar-refractivity contribution in [2.75, 3.05) is 5.73 Å².